The predicted molar refractivity (Wildman–Crippen MR) is 52.3 cm³/mol. The van der Waals surface area contributed by atoms with Gasteiger partial charge in [0.2, 0.25) is 0 Å². The molecule has 0 amide bonds. The minimum Gasteiger partial charge on any atom is -0.373 e. The lowest BCUT2D eigenvalue weighted by Gasteiger charge is -2.03. The number of rotatable bonds is 2. The van der Waals surface area contributed by atoms with Crippen molar-refractivity contribution in [1.29, 1.82) is 0 Å². The molecule has 1 fully saturated rings. The highest BCUT2D eigenvalue weighted by molar-refractivity contribution is 9.10. The Labute approximate surface area is 80.9 Å². The van der Waals surface area contributed by atoms with Crippen LogP contribution in [0.1, 0.15) is 11.1 Å². The van der Waals surface area contributed by atoms with Gasteiger partial charge in [-0.05, 0) is 30.2 Å². The number of aryl methyl sites for hydroxylation is 1. The Morgan fingerprint density at radius 3 is 3.00 bits per heavy atom. The zero-order chi connectivity index (χ0) is 8.55. The lowest BCUT2D eigenvalue weighted by Crippen LogP contribution is -1.95. The summed E-state index contributed by atoms with van der Waals surface area (Å²) in [5, 5.41) is 0. The van der Waals surface area contributed by atoms with Crippen LogP contribution < -0.4 is 0 Å². The normalized spacial score (nSPS) is 21.0. The van der Waals surface area contributed by atoms with E-state index in [1.807, 2.05) is 0 Å². The third-order valence-corrected chi connectivity index (χ3v) is 2.65. The van der Waals surface area contributed by atoms with Crippen LogP contribution in [0.3, 0.4) is 0 Å². The molecule has 1 heterocycles. The molecule has 1 aromatic rings. The van der Waals surface area contributed by atoms with E-state index in [0.717, 1.165) is 17.5 Å². The van der Waals surface area contributed by atoms with Crippen molar-refractivity contribution in [2.45, 2.75) is 19.4 Å². The van der Waals surface area contributed by atoms with Gasteiger partial charge in [0.15, 0.2) is 0 Å². The minimum absolute atomic E-state index is 0.484. The highest BCUT2D eigenvalue weighted by atomic mass is 79.9. The molecule has 1 aliphatic heterocycles. The quantitative estimate of drug-likeness (QED) is 0.707. The molecule has 1 unspecified atom stereocenters. The van der Waals surface area contributed by atoms with E-state index < -0.39 is 0 Å². The zero-order valence-corrected chi connectivity index (χ0v) is 8.60. The molecule has 1 nitrogen and oxygen atoms in total. The Morgan fingerprint density at radius 2 is 2.33 bits per heavy atom. The molecule has 0 aliphatic carbocycles. The molecule has 0 aromatic heterocycles. The average Bonchev–Trinajstić information content (AvgIpc) is 2.81. The summed E-state index contributed by atoms with van der Waals surface area (Å²) in [6.45, 7) is 3.08. The molecule has 1 aliphatic rings. The van der Waals surface area contributed by atoms with E-state index in [2.05, 4.69) is 41.1 Å². The Bertz CT molecular complexity index is 292. The average molecular weight is 227 g/mol. The number of ether oxygens (including phenoxy) is 1. The molecule has 1 aromatic carbocycles. The van der Waals surface area contributed by atoms with Gasteiger partial charge in [-0.1, -0.05) is 22.0 Å². The van der Waals surface area contributed by atoms with Gasteiger partial charge in [0.1, 0.15) is 0 Å². The summed E-state index contributed by atoms with van der Waals surface area (Å²) in [5.41, 5.74) is 2.75. The van der Waals surface area contributed by atoms with Crippen LogP contribution in [0.5, 0.6) is 0 Å². The van der Waals surface area contributed by atoms with E-state index in [4.69, 9.17) is 4.74 Å². The van der Waals surface area contributed by atoms with Crippen LogP contribution in [-0.2, 0) is 11.2 Å². The molecule has 0 saturated carbocycles. The second-order valence-electron chi connectivity index (χ2n) is 3.23. The fourth-order valence-corrected chi connectivity index (χ4v) is 1.70. The van der Waals surface area contributed by atoms with Crippen molar-refractivity contribution in [2.24, 2.45) is 0 Å². The van der Waals surface area contributed by atoms with Gasteiger partial charge in [-0.15, -0.1) is 0 Å². The fourth-order valence-electron chi connectivity index (χ4n) is 1.29. The number of benzene rings is 1. The number of hydrogen-bond acceptors (Lipinski definition) is 1. The molecule has 0 N–H and O–H groups in total. The van der Waals surface area contributed by atoms with E-state index in [-0.39, 0.29) is 0 Å². The summed E-state index contributed by atoms with van der Waals surface area (Å²) in [7, 11) is 0. The van der Waals surface area contributed by atoms with E-state index >= 15 is 0 Å². The maximum absolute atomic E-state index is 5.19. The van der Waals surface area contributed by atoms with Crippen LogP contribution in [0.4, 0.5) is 0 Å². The van der Waals surface area contributed by atoms with Gasteiger partial charge in [-0.2, -0.15) is 0 Å². The molecule has 64 valence electrons. The number of epoxide rings is 1. The van der Waals surface area contributed by atoms with Crippen LogP contribution in [0.25, 0.3) is 0 Å². The van der Waals surface area contributed by atoms with Gasteiger partial charge in [0.05, 0.1) is 12.7 Å². The summed E-state index contributed by atoms with van der Waals surface area (Å²) >= 11 is 3.47. The Kier molecular flexibility index (Phi) is 2.20. The highest BCUT2D eigenvalue weighted by Gasteiger charge is 2.23. The van der Waals surface area contributed by atoms with Gasteiger partial charge in [0.25, 0.3) is 0 Å². The van der Waals surface area contributed by atoms with Crippen molar-refractivity contribution in [3.8, 4) is 0 Å². The summed E-state index contributed by atoms with van der Waals surface area (Å²) in [4.78, 5) is 0. The van der Waals surface area contributed by atoms with E-state index in [1.165, 1.54) is 11.1 Å². The minimum atomic E-state index is 0.484. The highest BCUT2D eigenvalue weighted by Crippen LogP contribution is 2.21. The Morgan fingerprint density at radius 1 is 1.58 bits per heavy atom. The van der Waals surface area contributed by atoms with Crippen molar-refractivity contribution in [3.05, 3.63) is 33.8 Å². The van der Waals surface area contributed by atoms with Crippen molar-refractivity contribution in [1.82, 2.24) is 0 Å². The molecule has 0 bridgehead atoms. The molecule has 1 saturated heterocycles. The van der Waals surface area contributed by atoms with Crippen LogP contribution in [0.15, 0.2) is 22.7 Å². The number of hydrogen-bond donors (Lipinski definition) is 0. The molecular formula is C10H11BrO. The first kappa shape index (κ1) is 8.27. The summed E-state index contributed by atoms with van der Waals surface area (Å²) in [6.07, 6.45) is 1.55. The van der Waals surface area contributed by atoms with Gasteiger partial charge in [-0.3, -0.25) is 0 Å². The molecule has 0 spiro atoms. The van der Waals surface area contributed by atoms with Crippen LogP contribution in [-0.4, -0.2) is 12.7 Å². The largest absolute Gasteiger partial charge is 0.373 e. The Hall–Kier alpha value is -0.340. The molecular weight excluding hydrogens is 216 g/mol. The van der Waals surface area contributed by atoms with Crippen LogP contribution >= 0.6 is 15.9 Å². The van der Waals surface area contributed by atoms with E-state index in [0.29, 0.717) is 6.10 Å². The summed E-state index contributed by atoms with van der Waals surface area (Å²) in [5.74, 6) is 0. The standard InChI is InChI=1S/C10H11BrO/c1-7-2-3-9(11)4-8(7)5-10-6-12-10/h2-4,10H,5-6H2,1H3. The van der Waals surface area contributed by atoms with E-state index in [9.17, 15) is 0 Å². The lowest BCUT2D eigenvalue weighted by atomic mass is 10.0. The zero-order valence-electron chi connectivity index (χ0n) is 7.01. The monoisotopic (exact) mass is 226 g/mol. The first-order valence-electron chi connectivity index (χ1n) is 4.12. The molecule has 2 rings (SSSR count). The molecule has 2 heteroatoms. The smallest absolute Gasteiger partial charge is 0.0850 e. The van der Waals surface area contributed by atoms with Crippen molar-refractivity contribution >= 4 is 15.9 Å². The van der Waals surface area contributed by atoms with Gasteiger partial charge >= 0.3 is 0 Å². The maximum atomic E-state index is 5.19. The second-order valence-corrected chi connectivity index (χ2v) is 4.15. The van der Waals surface area contributed by atoms with Crippen LogP contribution in [0.2, 0.25) is 0 Å². The second kappa shape index (κ2) is 3.19. The third kappa shape index (κ3) is 1.87. The van der Waals surface area contributed by atoms with Crippen molar-refractivity contribution in [3.63, 3.8) is 0 Å². The summed E-state index contributed by atoms with van der Waals surface area (Å²) < 4.78 is 6.35. The van der Waals surface area contributed by atoms with Crippen LogP contribution in [0, 0.1) is 6.92 Å². The van der Waals surface area contributed by atoms with Crippen molar-refractivity contribution < 1.29 is 4.74 Å². The first-order chi connectivity index (χ1) is 5.75. The summed E-state index contributed by atoms with van der Waals surface area (Å²) in [6, 6.07) is 6.39. The molecule has 1 atom stereocenters. The Balaban J connectivity index is 2.21. The molecule has 12 heavy (non-hydrogen) atoms. The lowest BCUT2D eigenvalue weighted by molar-refractivity contribution is 0.407. The molecule has 0 radical (unpaired) electrons. The third-order valence-electron chi connectivity index (χ3n) is 2.16. The SMILES string of the molecule is Cc1ccc(Br)cc1CC1CO1. The maximum Gasteiger partial charge on any atom is 0.0850 e. The predicted octanol–water partition coefficient (Wildman–Crippen LogP) is 2.70. The van der Waals surface area contributed by atoms with Gasteiger partial charge in [-0.25, -0.2) is 0 Å². The number of halogens is 1. The van der Waals surface area contributed by atoms with Crippen molar-refractivity contribution in [2.75, 3.05) is 6.61 Å². The fraction of sp³-hybridized carbons (Fsp3) is 0.400. The van der Waals surface area contributed by atoms with E-state index in [1.54, 1.807) is 0 Å². The topological polar surface area (TPSA) is 12.5 Å². The first-order valence-corrected chi connectivity index (χ1v) is 4.91. The van der Waals surface area contributed by atoms with Gasteiger partial charge < -0.3 is 4.74 Å². The van der Waals surface area contributed by atoms with Gasteiger partial charge in [0, 0.05) is 10.9 Å².